The zero-order valence-electron chi connectivity index (χ0n) is 9.36. The molecule has 0 unspecified atom stereocenters. The molecule has 1 atom stereocenters. The summed E-state index contributed by atoms with van der Waals surface area (Å²) in [6, 6.07) is 0. The highest BCUT2D eigenvalue weighted by Gasteiger charge is 2.49. The first-order chi connectivity index (χ1) is 6.22. The second kappa shape index (κ2) is 3.29. The van der Waals surface area contributed by atoms with Crippen molar-refractivity contribution in [3.8, 4) is 0 Å². The highest BCUT2D eigenvalue weighted by molar-refractivity contribution is 5.00. The smallest absolute Gasteiger partial charge is 0.0244 e. The van der Waals surface area contributed by atoms with Crippen LogP contribution >= 0.6 is 0 Å². The van der Waals surface area contributed by atoms with Gasteiger partial charge in [0, 0.05) is 0 Å². The summed E-state index contributed by atoms with van der Waals surface area (Å²) in [7, 11) is 0. The Balaban J connectivity index is 2.18. The van der Waals surface area contributed by atoms with Gasteiger partial charge in [-0.2, -0.15) is 0 Å². The van der Waals surface area contributed by atoms with Crippen molar-refractivity contribution < 1.29 is 0 Å². The van der Waals surface area contributed by atoms with Crippen molar-refractivity contribution in [3.05, 3.63) is 0 Å². The van der Waals surface area contributed by atoms with Crippen molar-refractivity contribution in [1.82, 2.24) is 0 Å². The predicted molar refractivity (Wildman–Crippen MR) is 57.8 cm³/mol. The molecule has 0 radical (unpaired) electrons. The van der Waals surface area contributed by atoms with E-state index in [-0.39, 0.29) is 0 Å². The molecule has 0 amide bonds. The molecule has 2 aliphatic rings. The van der Waals surface area contributed by atoms with E-state index in [2.05, 4.69) is 13.8 Å². The van der Waals surface area contributed by atoms with Crippen molar-refractivity contribution in [2.45, 2.75) is 71.6 Å². The van der Waals surface area contributed by atoms with Crippen LogP contribution in [-0.2, 0) is 0 Å². The van der Waals surface area contributed by atoms with Gasteiger partial charge in [0.05, 0.1) is 0 Å². The van der Waals surface area contributed by atoms with Gasteiger partial charge >= 0.3 is 0 Å². The van der Waals surface area contributed by atoms with Crippen molar-refractivity contribution in [2.24, 2.45) is 10.8 Å². The summed E-state index contributed by atoms with van der Waals surface area (Å²) in [5.41, 5.74) is 1.48. The molecule has 0 bridgehead atoms. The maximum Gasteiger partial charge on any atom is -0.0244 e. The molecule has 0 aromatic carbocycles. The molecule has 13 heavy (non-hydrogen) atoms. The third kappa shape index (κ3) is 1.33. The summed E-state index contributed by atoms with van der Waals surface area (Å²) < 4.78 is 0. The Bertz CT molecular complexity index is 176. The average Bonchev–Trinajstić information content (AvgIpc) is 2.47. The highest BCUT2D eigenvalue weighted by Crippen LogP contribution is 2.61. The minimum atomic E-state index is 0.702. The maximum absolute atomic E-state index is 2.56. The van der Waals surface area contributed by atoms with Crippen LogP contribution in [0.3, 0.4) is 0 Å². The predicted octanol–water partition coefficient (Wildman–Crippen LogP) is 4.54. The van der Waals surface area contributed by atoms with E-state index in [1.807, 2.05) is 0 Å². The molecule has 0 heterocycles. The van der Waals surface area contributed by atoms with Gasteiger partial charge in [-0.1, -0.05) is 46.0 Å². The third-order valence-electron chi connectivity index (χ3n) is 5.26. The summed E-state index contributed by atoms with van der Waals surface area (Å²) in [4.78, 5) is 0. The highest BCUT2D eigenvalue weighted by atomic mass is 14.5. The van der Waals surface area contributed by atoms with Crippen LogP contribution in [0, 0.1) is 10.8 Å². The Morgan fingerprint density at radius 3 is 2.08 bits per heavy atom. The standard InChI is InChI=1S/C13H24/c1-3-12(2)8-7-11-13(12)9-5-4-6-10-13/h3-11H2,1-2H3/t12-/m1/s1. The van der Waals surface area contributed by atoms with Crippen LogP contribution in [0.4, 0.5) is 0 Å². The van der Waals surface area contributed by atoms with Crippen LogP contribution in [0.2, 0.25) is 0 Å². The number of hydrogen-bond acceptors (Lipinski definition) is 0. The Hall–Kier alpha value is 0. The van der Waals surface area contributed by atoms with Crippen LogP contribution in [0.15, 0.2) is 0 Å². The van der Waals surface area contributed by atoms with Crippen LogP contribution in [-0.4, -0.2) is 0 Å². The molecule has 2 aliphatic carbocycles. The monoisotopic (exact) mass is 180 g/mol. The fraction of sp³-hybridized carbons (Fsp3) is 1.00. The van der Waals surface area contributed by atoms with Gasteiger partial charge < -0.3 is 0 Å². The van der Waals surface area contributed by atoms with E-state index in [0.29, 0.717) is 5.41 Å². The second-order valence-electron chi connectivity index (χ2n) is 5.61. The molecule has 0 heteroatoms. The molecule has 2 saturated carbocycles. The van der Waals surface area contributed by atoms with E-state index in [4.69, 9.17) is 0 Å². The summed E-state index contributed by atoms with van der Waals surface area (Å²) in [6.45, 7) is 4.97. The first-order valence-corrected chi connectivity index (χ1v) is 6.22. The van der Waals surface area contributed by atoms with Crippen molar-refractivity contribution in [2.75, 3.05) is 0 Å². The average molecular weight is 180 g/mol. The molecule has 0 nitrogen and oxygen atoms in total. The van der Waals surface area contributed by atoms with E-state index in [9.17, 15) is 0 Å². The molecule has 76 valence electrons. The Morgan fingerprint density at radius 2 is 1.46 bits per heavy atom. The second-order valence-corrected chi connectivity index (χ2v) is 5.61. The number of hydrogen-bond donors (Lipinski definition) is 0. The lowest BCUT2D eigenvalue weighted by molar-refractivity contribution is 0.0402. The molecular weight excluding hydrogens is 156 g/mol. The summed E-state index contributed by atoms with van der Waals surface area (Å²) in [6.07, 6.45) is 13.6. The largest absolute Gasteiger partial charge is 0.0648 e. The Morgan fingerprint density at radius 1 is 0.846 bits per heavy atom. The number of rotatable bonds is 1. The van der Waals surface area contributed by atoms with Crippen LogP contribution in [0.1, 0.15) is 71.6 Å². The molecule has 0 aliphatic heterocycles. The van der Waals surface area contributed by atoms with Gasteiger partial charge in [-0.3, -0.25) is 0 Å². The first kappa shape index (κ1) is 9.55. The maximum atomic E-state index is 2.56. The van der Waals surface area contributed by atoms with Crippen molar-refractivity contribution >= 4 is 0 Å². The Kier molecular flexibility index (Phi) is 2.42. The summed E-state index contributed by atoms with van der Waals surface area (Å²) in [5.74, 6) is 0. The molecule has 2 fully saturated rings. The summed E-state index contributed by atoms with van der Waals surface area (Å²) >= 11 is 0. The van der Waals surface area contributed by atoms with Crippen molar-refractivity contribution in [3.63, 3.8) is 0 Å². The minimum Gasteiger partial charge on any atom is -0.0648 e. The molecule has 1 spiro atoms. The van der Waals surface area contributed by atoms with Gasteiger partial charge in [-0.25, -0.2) is 0 Å². The van der Waals surface area contributed by atoms with Gasteiger partial charge in [-0.05, 0) is 36.5 Å². The minimum absolute atomic E-state index is 0.702. The molecule has 2 rings (SSSR count). The van der Waals surface area contributed by atoms with E-state index < -0.39 is 0 Å². The van der Waals surface area contributed by atoms with Gasteiger partial charge in [0.1, 0.15) is 0 Å². The molecule has 0 aromatic rings. The Labute approximate surface area is 83.1 Å². The normalized spacial score (nSPS) is 38.3. The quantitative estimate of drug-likeness (QED) is 0.556. The zero-order chi connectivity index (χ0) is 9.36. The van der Waals surface area contributed by atoms with Gasteiger partial charge in [-0.15, -0.1) is 0 Å². The molecule has 0 N–H and O–H groups in total. The van der Waals surface area contributed by atoms with E-state index in [1.54, 1.807) is 0 Å². The lowest BCUT2D eigenvalue weighted by Crippen LogP contribution is -2.36. The fourth-order valence-electron chi connectivity index (χ4n) is 4.02. The van der Waals surface area contributed by atoms with Gasteiger partial charge in [0.15, 0.2) is 0 Å². The van der Waals surface area contributed by atoms with Crippen LogP contribution < -0.4 is 0 Å². The fourth-order valence-corrected chi connectivity index (χ4v) is 4.02. The first-order valence-electron chi connectivity index (χ1n) is 6.22. The van der Waals surface area contributed by atoms with Crippen LogP contribution in [0.25, 0.3) is 0 Å². The van der Waals surface area contributed by atoms with E-state index in [1.165, 1.54) is 57.8 Å². The topological polar surface area (TPSA) is 0 Å². The van der Waals surface area contributed by atoms with Crippen molar-refractivity contribution in [1.29, 1.82) is 0 Å². The molecule has 0 aromatic heterocycles. The summed E-state index contributed by atoms with van der Waals surface area (Å²) in [5, 5.41) is 0. The van der Waals surface area contributed by atoms with E-state index >= 15 is 0 Å². The molecule has 0 saturated heterocycles. The molecular formula is C13H24. The lowest BCUT2D eigenvalue weighted by Gasteiger charge is -2.46. The third-order valence-corrected chi connectivity index (χ3v) is 5.26. The SMILES string of the molecule is CC[C@]1(C)CCCC12CCCCC2. The van der Waals surface area contributed by atoms with Crippen LogP contribution in [0.5, 0.6) is 0 Å². The zero-order valence-corrected chi connectivity index (χ0v) is 9.36. The van der Waals surface area contributed by atoms with E-state index in [0.717, 1.165) is 5.41 Å². The van der Waals surface area contributed by atoms with Gasteiger partial charge in [0.2, 0.25) is 0 Å². The van der Waals surface area contributed by atoms with Gasteiger partial charge in [0.25, 0.3) is 0 Å². The lowest BCUT2D eigenvalue weighted by atomic mass is 9.59.